The molecule has 0 aliphatic carbocycles. The van der Waals surface area contributed by atoms with E-state index < -0.39 is 12.7 Å². The highest BCUT2D eigenvalue weighted by Crippen LogP contribution is 2.43. The van der Waals surface area contributed by atoms with E-state index in [1.54, 1.807) is 0 Å². The van der Waals surface area contributed by atoms with Crippen LogP contribution in [-0.2, 0) is 13.9 Å². The lowest BCUT2D eigenvalue weighted by atomic mass is 10.0. The molecule has 1 aromatic carbocycles. The SMILES string of the molecule is CCCCCCCCCCCCCCCC(=O)Nc1cc([N+](=O)[O-])ccc1OP(=O)([O-])OCC[N+](C)(C)C.O. The van der Waals surface area contributed by atoms with E-state index in [0.29, 0.717) is 17.4 Å². The standard InChI is InChI=1S/C27H48N3O7P.H2O/c1-5-6-7-8-9-10-11-12-13-14-15-16-17-18-27(31)28-25-23-24(29(32)33)19-20-26(25)37-38(34,35)36-22-21-30(2,3)4;/h19-20,23H,5-18,21-22H2,1-4H3,(H-,28,31,34,35);1H2. The minimum Gasteiger partial charge on any atom is -0.746 e. The predicted octanol–water partition coefficient (Wildman–Crippen LogP) is 5.76. The second kappa shape index (κ2) is 19.9. The van der Waals surface area contributed by atoms with E-state index in [4.69, 9.17) is 9.05 Å². The van der Waals surface area contributed by atoms with Gasteiger partial charge in [-0.15, -0.1) is 0 Å². The van der Waals surface area contributed by atoms with Gasteiger partial charge in [0.2, 0.25) is 5.91 Å². The Morgan fingerprint density at radius 2 is 1.46 bits per heavy atom. The number of nitrogens with zero attached hydrogens (tertiary/aromatic N) is 2. The number of rotatable bonds is 22. The van der Waals surface area contributed by atoms with Gasteiger partial charge in [0.1, 0.15) is 13.2 Å². The first-order chi connectivity index (χ1) is 17.9. The molecule has 0 saturated heterocycles. The number of nitro benzene ring substituents is 1. The Morgan fingerprint density at radius 1 is 0.949 bits per heavy atom. The summed E-state index contributed by atoms with van der Waals surface area (Å²) < 4.78 is 22.7. The van der Waals surface area contributed by atoms with Crippen molar-refractivity contribution >= 4 is 25.1 Å². The van der Waals surface area contributed by atoms with Gasteiger partial charge in [-0.2, -0.15) is 0 Å². The van der Waals surface area contributed by atoms with Gasteiger partial charge in [-0.05, 0) is 12.5 Å². The van der Waals surface area contributed by atoms with E-state index in [0.717, 1.165) is 37.5 Å². The van der Waals surface area contributed by atoms with Crippen molar-refractivity contribution in [1.29, 1.82) is 0 Å². The molecular formula is C27H50N3O8P. The number of likely N-dealkylation sites (N-methyl/N-ethyl adjacent to an activating group) is 1. The largest absolute Gasteiger partial charge is 0.746 e. The van der Waals surface area contributed by atoms with Gasteiger partial charge in [-0.25, -0.2) is 0 Å². The zero-order valence-electron chi connectivity index (χ0n) is 24.2. The summed E-state index contributed by atoms with van der Waals surface area (Å²) in [6.07, 6.45) is 15.8. The topological polar surface area (TPSA) is 162 Å². The van der Waals surface area contributed by atoms with Crippen molar-refractivity contribution in [3.05, 3.63) is 28.3 Å². The molecule has 0 saturated carbocycles. The second-order valence-electron chi connectivity index (χ2n) is 10.9. The van der Waals surface area contributed by atoms with Crippen molar-refractivity contribution in [2.45, 2.75) is 96.8 Å². The Balaban J connectivity index is 0.0000144. The molecule has 39 heavy (non-hydrogen) atoms. The second-order valence-corrected chi connectivity index (χ2v) is 12.2. The molecule has 0 heterocycles. The lowest BCUT2D eigenvalue weighted by Gasteiger charge is -2.27. The third kappa shape index (κ3) is 18.8. The lowest BCUT2D eigenvalue weighted by molar-refractivity contribution is -0.870. The maximum atomic E-state index is 12.5. The molecule has 1 aromatic rings. The number of nitro groups is 1. The monoisotopic (exact) mass is 575 g/mol. The molecule has 0 aromatic heterocycles. The van der Waals surface area contributed by atoms with Gasteiger partial charge in [0.05, 0.1) is 31.8 Å². The van der Waals surface area contributed by atoms with E-state index >= 15 is 0 Å². The average molecular weight is 576 g/mol. The van der Waals surface area contributed by atoms with Crippen LogP contribution in [0.2, 0.25) is 0 Å². The summed E-state index contributed by atoms with van der Waals surface area (Å²) in [4.78, 5) is 35.3. The van der Waals surface area contributed by atoms with Crippen LogP contribution in [0.25, 0.3) is 0 Å². The smallest absolute Gasteiger partial charge is 0.320 e. The molecule has 0 aliphatic heterocycles. The fraction of sp³-hybridized carbons (Fsp3) is 0.741. The third-order valence-electron chi connectivity index (χ3n) is 6.18. The van der Waals surface area contributed by atoms with Gasteiger partial charge < -0.3 is 29.2 Å². The Labute approximate surface area is 233 Å². The highest BCUT2D eigenvalue weighted by Gasteiger charge is 2.20. The van der Waals surface area contributed by atoms with E-state index in [9.17, 15) is 24.4 Å². The molecule has 11 nitrogen and oxygen atoms in total. The molecule has 1 atom stereocenters. The molecule has 0 aliphatic rings. The molecule has 1 amide bonds. The molecule has 1 unspecified atom stereocenters. The first-order valence-corrected chi connectivity index (χ1v) is 15.4. The molecule has 3 N–H and O–H groups in total. The Kier molecular flexibility index (Phi) is 18.9. The summed E-state index contributed by atoms with van der Waals surface area (Å²) >= 11 is 0. The zero-order chi connectivity index (χ0) is 28.4. The fourth-order valence-electron chi connectivity index (χ4n) is 3.90. The number of unbranched alkanes of at least 4 members (excludes halogenated alkanes) is 12. The van der Waals surface area contributed by atoms with Crippen LogP contribution in [0.1, 0.15) is 96.8 Å². The molecule has 0 spiro atoms. The van der Waals surface area contributed by atoms with Crippen LogP contribution in [0.5, 0.6) is 5.75 Å². The van der Waals surface area contributed by atoms with Crippen LogP contribution in [0.3, 0.4) is 0 Å². The highest BCUT2D eigenvalue weighted by molar-refractivity contribution is 7.46. The minimum absolute atomic E-state index is 0. The van der Waals surface area contributed by atoms with Crippen molar-refractivity contribution in [2.24, 2.45) is 0 Å². The number of phosphoric ester groups is 1. The van der Waals surface area contributed by atoms with Crippen molar-refractivity contribution < 1.29 is 38.2 Å². The maximum Gasteiger partial charge on any atom is 0.320 e. The number of benzene rings is 1. The van der Waals surface area contributed by atoms with E-state index in [-0.39, 0.29) is 41.5 Å². The number of anilines is 1. The summed E-state index contributed by atoms with van der Waals surface area (Å²) in [5, 5.41) is 13.8. The Bertz CT molecular complexity index is 892. The summed E-state index contributed by atoms with van der Waals surface area (Å²) in [5.41, 5.74) is -0.370. The van der Waals surface area contributed by atoms with Crippen LogP contribution in [0, 0.1) is 10.1 Å². The number of amides is 1. The van der Waals surface area contributed by atoms with Crippen molar-refractivity contribution in [1.82, 2.24) is 0 Å². The van der Waals surface area contributed by atoms with Crippen LogP contribution in [0.4, 0.5) is 11.4 Å². The number of nitrogens with one attached hydrogen (secondary N) is 1. The Hall–Kier alpha value is -2.04. The summed E-state index contributed by atoms with van der Waals surface area (Å²) in [5.74, 6) is -0.581. The first kappa shape index (κ1) is 37.0. The minimum atomic E-state index is -4.74. The van der Waals surface area contributed by atoms with E-state index in [2.05, 4.69) is 12.2 Å². The Morgan fingerprint density at radius 3 is 1.95 bits per heavy atom. The number of hydrogen-bond donors (Lipinski definition) is 1. The van der Waals surface area contributed by atoms with Crippen molar-refractivity contribution in [3.8, 4) is 5.75 Å². The van der Waals surface area contributed by atoms with Crippen molar-refractivity contribution in [3.63, 3.8) is 0 Å². The van der Waals surface area contributed by atoms with Crippen molar-refractivity contribution in [2.75, 3.05) is 39.6 Å². The molecular weight excluding hydrogens is 525 g/mol. The first-order valence-electron chi connectivity index (χ1n) is 14.0. The van der Waals surface area contributed by atoms with E-state index in [1.807, 2.05) is 21.1 Å². The van der Waals surface area contributed by atoms with Crippen LogP contribution in [-0.4, -0.2) is 55.1 Å². The number of carbonyl (C=O) groups excluding carboxylic acids is 1. The van der Waals surface area contributed by atoms with Gasteiger partial charge in [0.25, 0.3) is 5.69 Å². The zero-order valence-corrected chi connectivity index (χ0v) is 25.1. The van der Waals surface area contributed by atoms with E-state index in [1.165, 1.54) is 57.8 Å². The van der Waals surface area contributed by atoms with Gasteiger partial charge in [-0.1, -0.05) is 84.0 Å². The summed E-state index contributed by atoms with van der Waals surface area (Å²) in [6, 6.07) is 3.35. The maximum absolute atomic E-state index is 12.5. The normalized spacial score (nSPS) is 12.8. The number of quaternary nitrogens is 1. The lowest BCUT2D eigenvalue weighted by Crippen LogP contribution is -2.37. The quantitative estimate of drug-likeness (QED) is 0.0604. The van der Waals surface area contributed by atoms with Crippen LogP contribution < -0.4 is 14.7 Å². The molecule has 1 rings (SSSR count). The van der Waals surface area contributed by atoms with Crippen LogP contribution in [0.15, 0.2) is 18.2 Å². The number of carbonyl (C=O) groups is 1. The molecule has 226 valence electrons. The van der Waals surface area contributed by atoms with Crippen LogP contribution >= 0.6 is 7.82 Å². The molecule has 0 bridgehead atoms. The molecule has 12 heteroatoms. The van der Waals surface area contributed by atoms with Gasteiger partial charge in [0, 0.05) is 18.6 Å². The van der Waals surface area contributed by atoms with Gasteiger partial charge >= 0.3 is 7.82 Å². The number of phosphoric acid groups is 1. The number of non-ortho nitro benzene ring substituents is 1. The molecule has 0 fully saturated rings. The summed E-state index contributed by atoms with van der Waals surface area (Å²) in [6.45, 7) is 2.58. The number of hydrogen-bond acceptors (Lipinski definition) is 7. The fourth-order valence-corrected chi connectivity index (χ4v) is 4.66. The average Bonchev–Trinajstić information content (AvgIpc) is 2.81. The molecule has 0 radical (unpaired) electrons. The predicted molar refractivity (Wildman–Crippen MR) is 153 cm³/mol. The third-order valence-corrected chi connectivity index (χ3v) is 7.10. The van der Waals surface area contributed by atoms with Gasteiger partial charge in [0.15, 0.2) is 5.75 Å². The highest BCUT2D eigenvalue weighted by atomic mass is 31.2. The summed E-state index contributed by atoms with van der Waals surface area (Å²) in [7, 11) is 0.928. The van der Waals surface area contributed by atoms with Gasteiger partial charge in [-0.3, -0.25) is 19.5 Å².